The first kappa shape index (κ1) is 15.7. The summed E-state index contributed by atoms with van der Waals surface area (Å²) in [6.45, 7) is 1.90. The molecule has 1 fully saturated rings. The minimum Gasteiger partial charge on any atom is -0.389 e. The van der Waals surface area contributed by atoms with E-state index in [4.69, 9.17) is 5.73 Å². The molecule has 1 amide bonds. The molecular formula is C16H23N5O2. The molecule has 7 heteroatoms. The van der Waals surface area contributed by atoms with E-state index in [9.17, 15) is 9.90 Å². The molecule has 7 nitrogen and oxygen atoms in total. The van der Waals surface area contributed by atoms with Crippen molar-refractivity contribution in [2.45, 2.75) is 31.8 Å². The third-order valence-electron chi connectivity index (χ3n) is 4.32. The van der Waals surface area contributed by atoms with Gasteiger partial charge in [-0.2, -0.15) is 4.98 Å². The summed E-state index contributed by atoms with van der Waals surface area (Å²) in [6.07, 6.45) is 6.86. The first-order valence-electron chi connectivity index (χ1n) is 8.09. The quantitative estimate of drug-likeness (QED) is 0.791. The van der Waals surface area contributed by atoms with E-state index in [2.05, 4.69) is 16.0 Å². The summed E-state index contributed by atoms with van der Waals surface area (Å²) in [5, 5.41) is 10.2. The molecule has 0 bridgehead atoms. The van der Waals surface area contributed by atoms with E-state index < -0.39 is 6.10 Å². The second kappa shape index (κ2) is 6.95. The Morgan fingerprint density at radius 3 is 3.00 bits per heavy atom. The summed E-state index contributed by atoms with van der Waals surface area (Å²) in [5.41, 5.74) is 6.92. The van der Waals surface area contributed by atoms with Crippen LogP contribution in [0.25, 0.3) is 0 Å². The fraction of sp³-hybridized carbons (Fsp3) is 0.562. The summed E-state index contributed by atoms with van der Waals surface area (Å²) in [5.74, 6) is 0.985. The molecule has 0 saturated carbocycles. The molecule has 2 heterocycles. The monoisotopic (exact) mass is 317 g/mol. The van der Waals surface area contributed by atoms with Gasteiger partial charge in [-0.05, 0) is 25.3 Å². The Bertz CT molecular complexity index is 604. The fourth-order valence-electron chi connectivity index (χ4n) is 3.12. The number of hydrogen-bond acceptors (Lipinski definition) is 6. The lowest BCUT2D eigenvalue weighted by molar-refractivity contribution is -0.131. The lowest BCUT2D eigenvalue weighted by Crippen LogP contribution is -2.37. The molecule has 0 radical (unpaired) electrons. The predicted molar refractivity (Wildman–Crippen MR) is 87.8 cm³/mol. The van der Waals surface area contributed by atoms with E-state index in [-0.39, 0.29) is 5.91 Å². The van der Waals surface area contributed by atoms with E-state index in [1.807, 2.05) is 4.90 Å². The van der Waals surface area contributed by atoms with Gasteiger partial charge in [0.25, 0.3) is 0 Å². The number of nitrogens with zero attached hydrogens (tertiary/aromatic N) is 4. The number of aliphatic hydroxyl groups excluding tert-OH is 1. The van der Waals surface area contributed by atoms with Crippen molar-refractivity contribution in [3.63, 3.8) is 0 Å². The van der Waals surface area contributed by atoms with Crippen LogP contribution >= 0.6 is 0 Å². The van der Waals surface area contributed by atoms with E-state index in [0.717, 1.165) is 19.3 Å². The molecular weight excluding hydrogens is 294 g/mol. The van der Waals surface area contributed by atoms with E-state index in [0.29, 0.717) is 44.4 Å². The SMILES string of the molecule is Nc1ccnc(N2CCN(C(=O)CC3=CCCC3)CC(O)C2)n1. The van der Waals surface area contributed by atoms with Crippen LogP contribution in [0.1, 0.15) is 25.7 Å². The van der Waals surface area contributed by atoms with Crippen LogP contribution < -0.4 is 10.6 Å². The molecule has 3 N–H and O–H groups in total. The van der Waals surface area contributed by atoms with E-state index >= 15 is 0 Å². The Morgan fingerprint density at radius 2 is 2.26 bits per heavy atom. The van der Waals surface area contributed by atoms with Crippen LogP contribution in [-0.4, -0.2) is 58.2 Å². The van der Waals surface area contributed by atoms with Gasteiger partial charge in [0.15, 0.2) is 0 Å². The third-order valence-corrected chi connectivity index (χ3v) is 4.32. The highest BCUT2D eigenvalue weighted by Crippen LogP contribution is 2.22. The Labute approximate surface area is 135 Å². The molecule has 1 aromatic heterocycles. The lowest BCUT2D eigenvalue weighted by Gasteiger charge is -2.22. The number of carbonyl (C=O) groups excluding carboxylic acids is 1. The molecule has 3 rings (SSSR count). The smallest absolute Gasteiger partial charge is 0.227 e. The van der Waals surface area contributed by atoms with Gasteiger partial charge in [0.2, 0.25) is 11.9 Å². The molecule has 0 aromatic carbocycles. The molecule has 1 aliphatic heterocycles. The van der Waals surface area contributed by atoms with Crippen molar-refractivity contribution >= 4 is 17.7 Å². The average molecular weight is 317 g/mol. The van der Waals surface area contributed by atoms with Crippen LogP contribution in [0.4, 0.5) is 11.8 Å². The zero-order valence-electron chi connectivity index (χ0n) is 13.2. The Morgan fingerprint density at radius 1 is 1.39 bits per heavy atom. The van der Waals surface area contributed by atoms with Gasteiger partial charge in [-0.3, -0.25) is 4.79 Å². The van der Waals surface area contributed by atoms with Crippen LogP contribution in [0.2, 0.25) is 0 Å². The molecule has 1 unspecified atom stereocenters. The number of rotatable bonds is 3. The van der Waals surface area contributed by atoms with Crippen LogP contribution in [0.5, 0.6) is 0 Å². The predicted octanol–water partition coefficient (Wildman–Crippen LogP) is 0.569. The largest absolute Gasteiger partial charge is 0.389 e. The molecule has 1 saturated heterocycles. The maximum atomic E-state index is 12.5. The number of nitrogens with two attached hydrogens (primary N) is 1. The number of amides is 1. The number of anilines is 2. The highest BCUT2D eigenvalue weighted by atomic mass is 16.3. The molecule has 2 aliphatic rings. The van der Waals surface area contributed by atoms with Gasteiger partial charge in [-0.15, -0.1) is 0 Å². The van der Waals surface area contributed by atoms with Crippen molar-refractivity contribution in [3.8, 4) is 0 Å². The van der Waals surface area contributed by atoms with Crippen molar-refractivity contribution in [3.05, 3.63) is 23.9 Å². The number of allylic oxidation sites excluding steroid dienone is 1. The minimum atomic E-state index is -0.621. The minimum absolute atomic E-state index is 0.0903. The van der Waals surface area contributed by atoms with Crippen molar-refractivity contribution in [1.29, 1.82) is 0 Å². The summed E-state index contributed by atoms with van der Waals surface area (Å²) >= 11 is 0. The van der Waals surface area contributed by atoms with Gasteiger partial charge in [0, 0.05) is 38.8 Å². The maximum absolute atomic E-state index is 12.5. The number of hydrogen-bond donors (Lipinski definition) is 2. The van der Waals surface area contributed by atoms with Gasteiger partial charge in [-0.25, -0.2) is 4.98 Å². The summed E-state index contributed by atoms with van der Waals surface area (Å²) in [4.78, 5) is 24.5. The van der Waals surface area contributed by atoms with Crippen molar-refractivity contribution in [2.24, 2.45) is 0 Å². The second-order valence-corrected chi connectivity index (χ2v) is 6.15. The van der Waals surface area contributed by atoms with Crippen LogP contribution in [0.15, 0.2) is 23.9 Å². The number of nitrogen functional groups attached to an aromatic ring is 1. The lowest BCUT2D eigenvalue weighted by atomic mass is 10.1. The zero-order valence-corrected chi connectivity index (χ0v) is 13.2. The van der Waals surface area contributed by atoms with E-state index in [1.165, 1.54) is 5.57 Å². The fourth-order valence-corrected chi connectivity index (χ4v) is 3.12. The van der Waals surface area contributed by atoms with Gasteiger partial charge in [0.05, 0.1) is 6.10 Å². The number of aromatic nitrogens is 2. The van der Waals surface area contributed by atoms with Gasteiger partial charge >= 0.3 is 0 Å². The summed E-state index contributed by atoms with van der Waals surface area (Å²) < 4.78 is 0. The molecule has 1 aliphatic carbocycles. The third kappa shape index (κ3) is 3.98. The van der Waals surface area contributed by atoms with Crippen molar-refractivity contribution in [2.75, 3.05) is 36.8 Å². The Balaban J connectivity index is 1.64. The first-order chi connectivity index (χ1) is 11.1. The van der Waals surface area contributed by atoms with Crippen LogP contribution in [0, 0.1) is 0 Å². The van der Waals surface area contributed by atoms with Gasteiger partial charge in [-0.1, -0.05) is 11.6 Å². The van der Waals surface area contributed by atoms with Crippen LogP contribution in [0.3, 0.4) is 0 Å². The maximum Gasteiger partial charge on any atom is 0.227 e. The number of β-amino-alcohol motifs (C(OH)–C–C–N with tert-alkyl or cyclic N) is 1. The van der Waals surface area contributed by atoms with Gasteiger partial charge < -0.3 is 20.6 Å². The van der Waals surface area contributed by atoms with Crippen molar-refractivity contribution in [1.82, 2.24) is 14.9 Å². The number of carbonyl (C=O) groups is 1. The average Bonchev–Trinajstić information content (AvgIpc) is 2.94. The Hall–Kier alpha value is -2.15. The molecule has 0 spiro atoms. The summed E-state index contributed by atoms with van der Waals surface area (Å²) in [6, 6.07) is 1.63. The standard InChI is InChI=1S/C16H23N5O2/c17-14-5-6-18-16(19-14)21-8-7-20(10-13(22)11-21)15(23)9-12-3-1-2-4-12/h3,5-6,13,22H,1-2,4,7-11H2,(H2,17,18,19). The number of aliphatic hydroxyl groups is 1. The molecule has 23 heavy (non-hydrogen) atoms. The topological polar surface area (TPSA) is 95.6 Å². The normalized spacial score (nSPS) is 22.0. The highest BCUT2D eigenvalue weighted by Gasteiger charge is 2.26. The van der Waals surface area contributed by atoms with Crippen LogP contribution in [-0.2, 0) is 4.79 Å². The molecule has 1 aromatic rings. The Kier molecular flexibility index (Phi) is 4.76. The highest BCUT2D eigenvalue weighted by molar-refractivity contribution is 5.79. The van der Waals surface area contributed by atoms with E-state index in [1.54, 1.807) is 17.2 Å². The van der Waals surface area contributed by atoms with Crippen molar-refractivity contribution < 1.29 is 9.90 Å². The molecule has 124 valence electrons. The summed E-state index contributed by atoms with van der Waals surface area (Å²) in [7, 11) is 0. The second-order valence-electron chi connectivity index (χ2n) is 6.15. The molecule has 1 atom stereocenters. The zero-order chi connectivity index (χ0) is 16.2. The van der Waals surface area contributed by atoms with Gasteiger partial charge in [0.1, 0.15) is 5.82 Å². The first-order valence-corrected chi connectivity index (χ1v) is 8.09.